The smallest absolute Gasteiger partial charge is 0.308 e. The van der Waals surface area contributed by atoms with E-state index in [-0.39, 0.29) is 18.1 Å². The Morgan fingerprint density at radius 2 is 2.15 bits per heavy atom. The number of Topliss-reactive ketones (excluding diaryl/α,β-unsaturated/α-hetero) is 1. The van der Waals surface area contributed by atoms with E-state index in [1.807, 2.05) is 11.8 Å². The molecule has 2 aromatic rings. The number of hydrogen-bond acceptors (Lipinski definition) is 6. The fraction of sp³-hybridized carbons (Fsp3) is 0.560. The zero-order valence-corrected chi connectivity index (χ0v) is 21.0. The van der Waals surface area contributed by atoms with Gasteiger partial charge in [0.05, 0.1) is 23.6 Å². The van der Waals surface area contributed by atoms with Crippen molar-refractivity contribution in [3.05, 3.63) is 35.0 Å². The topological polar surface area (TPSA) is 79.7 Å². The molecule has 2 atom stereocenters. The summed E-state index contributed by atoms with van der Waals surface area (Å²) < 4.78 is 5.30. The summed E-state index contributed by atoms with van der Waals surface area (Å²) in [6.45, 7) is 4.55. The van der Waals surface area contributed by atoms with Gasteiger partial charge in [0.25, 0.3) is 0 Å². The largest absolute Gasteiger partial charge is 0.497 e. The molecule has 6 nitrogen and oxygen atoms in total. The van der Waals surface area contributed by atoms with Crippen molar-refractivity contribution in [1.82, 2.24) is 9.88 Å². The maximum absolute atomic E-state index is 13.2. The van der Waals surface area contributed by atoms with Gasteiger partial charge in [-0.25, -0.2) is 0 Å². The van der Waals surface area contributed by atoms with Gasteiger partial charge in [-0.15, -0.1) is 0 Å². The molecular formula is C25H33ClN2O4S. The van der Waals surface area contributed by atoms with Crippen LogP contribution in [0.1, 0.15) is 49.4 Å². The summed E-state index contributed by atoms with van der Waals surface area (Å²) in [5.74, 6) is 1.51. The molecule has 1 fully saturated rings. The van der Waals surface area contributed by atoms with Crippen molar-refractivity contribution >= 4 is 46.0 Å². The van der Waals surface area contributed by atoms with Crippen LogP contribution in [0.4, 0.5) is 0 Å². The summed E-state index contributed by atoms with van der Waals surface area (Å²) in [4.78, 5) is 31.7. The number of nitrogens with zero attached hydrogens (tertiary/aromatic N) is 2. The number of fused-ring (bicyclic) bond motifs is 1. The van der Waals surface area contributed by atoms with Gasteiger partial charge in [-0.1, -0.05) is 24.9 Å². The van der Waals surface area contributed by atoms with Crippen LogP contribution in [-0.2, 0) is 4.79 Å². The lowest BCUT2D eigenvalue weighted by Gasteiger charge is -2.36. The predicted molar refractivity (Wildman–Crippen MR) is 135 cm³/mol. The molecule has 0 spiro atoms. The molecule has 2 unspecified atom stereocenters. The first kappa shape index (κ1) is 25.8. The maximum atomic E-state index is 13.2. The number of pyridine rings is 1. The van der Waals surface area contributed by atoms with E-state index in [9.17, 15) is 14.7 Å². The van der Waals surface area contributed by atoms with E-state index in [4.69, 9.17) is 16.3 Å². The van der Waals surface area contributed by atoms with E-state index in [2.05, 4.69) is 16.8 Å². The van der Waals surface area contributed by atoms with Gasteiger partial charge in [-0.3, -0.25) is 14.6 Å². The van der Waals surface area contributed by atoms with Crippen LogP contribution < -0.4 is 4.74 Å². The lowest BCUT2D eigenvalue weighted by atomic mass is 9.81. The van der Waals surface area contributed by atoms with Gasteiger partial charge in [-0.05, 0) is 55.7 Å². The maximum Gasteiger partial charge on any atom is 0.308 e. The highest BCUT2D eigenvalue weighted by Gasteiger charge is 2.34. The first-order valence-corrected chi connectivity index (χ1v) is 13.2. The van der Waals surface area contributed by atoms with Crippen LogP contribution in [-0.4, -0.2) is 65.0 Å². The minimum atomic E-state index is -0.770. The third-order valence-corrected chi connectivity index (χ3v) is 7.74. The van der Waals surface area contributed by atoms with E-state index in [0.717, 1.165) is 31.0 Å². The van der Waals surface area contributed by atoms with Crippen LogP contribution >= 0.6 is 23.4 Å². The summed E-state index contributed by atoms with van der Waals surface area (Å²) in [6.07, 6.45) is 5.52. The summed E-state index contributed by atoms with van der Waals surface area (Å²) in [6, 6.07) is 5.38. The van der Waals surface area contributed by atoms with E-state index >= 15 is 0 Å². The second kappa shape index (κ2) is 12.6. The minimum Gasteiger partial charge on any atom is -0.497 e. The van der Waals surface area contributed by atoms with Gasteiger partial charge in [0.1, 0.15) is 5.75 Å². The number of carbonyl (C=O) groups is 2. The standard InChI is InChI=1S/C25H33ClN2O4S/c1-3-4-12-33-13-11-28-10-9-17(20(16-28)25(30)31)5-8-23(29)24-19-14-18(32-2)6-7-22(19)27-15-21(24)26/h6-7,14-15,17,20H,3-5,8-13,16H2,1-2H3,(H,30,31). The molecule has 1 aromatic carbocycles. The van der Waals surface area contributed by atoms with Gasteiger partial charge in [-0.2, -0.15) is 11.8 Å². The Bertz CT molecular complexity index is 971. The van der Waals surface area contributed by atoms with Crippen LogP contribution in [0.15, 0.2) is 24.4 Å². The Hall–Kier alpha value is -1.83. The van der Waals surface area contributed by atoms with Crippen LogP contribution in [0, 0.1) is 11.8 Å². The molecule has 0 aliphatic carbocycles. The highest BCUT2D eigenvalue weighted by Crippen LogP contribution is 2.32. The van der Waals surface area contributed by atoms with E-state index < -0.39 is 11.9 Å². The summed E-state index contributed by atoms with van der Waals surface area (Å²) in [5, 5.41) is 10.8. The molecule has 1 aliphatic rings. The number of benzene rings is 1. The zero-order valence-electron chi connectivity index (χ0n) is 19.4. The second-order valence-electron chi connectivity index (χ2n) is 8.59. The molecule has 0 amide bonds. The third kappa shape index (κ3) is 6.84. The number of likely N-dealkylation sites (tertiary alicyclic amines) is 1. The molecule has 0 radical (unpaired) electrons. The van der Waals surface area contributed by atoms with Crippen molar-refractivity contribution in [3.63, 3.8) is 0 Å². The van der Waals surface area contributed by atoms with Gasteiger partial charge >= 0.3 is 5.97 Å². The molecule has 1 aliphatic heterocycles. The minimum absolute atomic E-state index is 0.0168. The summed E-state index contributed by atoms with van der Waals surface area (Å²) >= 11 is 8.30. The van der Waals surface area contributed by atoms with Crippen molar-refractivity contribution in [1.29, 1.82) is 0 Å². The van der Waals surface area contributed by atoms with Gasteiger partial charge < -0.3 is 14.7 Å². The normalized spacial score (nSPS) is 19.0. The van der Waals surface area contributed by atoms with E-state index in [1.165, 1.54) is 19.0 Å². The van der Waals surface area contributed by atoms with Crippen LogP contribution in [0.2, 0.25) is 5.02 Å². The molecular weight excluding hydrogens is 460 g/mol. The number of rotatable bonds is 12. The number of thioether (sulfide) groups is 1. The van der Waals surface area contributed by atoms with Crippen molar-refractivity contribution in [2.45, 2.75) is 39.0 Å². The molecule has 0 bridgehead atoms. The first-order valence-electron chi connectivity index (χ1n) is 11.6. The number of unbranched alkanes of at least 4 members (excludes halogenated alkanes) is 1. The van der Waals surface area contributed by atoms with Crippen molar-refractivity contribution < 1.29 is 19.4 Å². The number of ether oxygens (including phenoxy) is 1. The number of ketones is 1. The number of halogens is 1. The first-order chi connectivity index (χ1) is 15.9. The number of hydrogen-bond donors (Lipinski definition) is 1. The Kier molecular flexibility index (Phi) is 9.83. The average Bonchev–Trinajstić information content (AvgIpc) is 2.82. The SMILES string of the molecule is CCCCSCCN1CCC(CCC(=O)c2c(Cl)cnc3ccc(OC)cc23)C(C(=O)O)C1. The number of methoxy groups -OCH3 is 1. The van der Waals surface area contributed by atoms with Gasteiger partial charge in [0, 0.05) is 42.4 Å². The molecule has 3 rings (SSSR count). The molecule has 2 heterocycles. The Morgan fingerprint density at radius 1 is 1.33 bits per heavy atom. The molecule has 1 N–H and O–H groups in total. The highest BCUT2D eigenvalue weighted by molar-refractivity contribution is 7.99. The number of carboxylic acid groups (broad SMARTS) is 1. The second-order valence-corrected chi connectivity index (χ2v) is 10.2. The highest BCUT2D eigenvalue weighted by atomic mass is 35.5. The monoisotopic (exact) mass is 492 g/mol. The summed E-state index contributed by atoms with van der Waals surface area (Å²) in [7, 11) is 1.57. The Morgan fingerprint density at radius 3 is 2.88 bits per heavy atom. The fourth-order valence-corrected chi connectivity index (χ4v) is 5.78. The lowest BCUT2D eigenvalue weighted by Crippen LogP contribution is -2.44. The van der Waals surface area contributed by atoms with Gasteiger partial charge in [0.2, 0.25) is 0 Å². The quantitative estimate of drug-likeness (QED) is 0.313. The van der Waals surface area contributed by atoms with Gasteiger partial charge in [0.15, 0.2) is 5.78 Å². The molecule has 180 valence electrons. The molecule has 0 saturated carbocycles. The number of piperidine rings is 1. The van der Waals surface area contributed by atoms with Crippen LogP contribution in [0.5, 0.6) is 5.75 Å². The van der Waals surface area contributed by atoms with Crippen molar-refractivity contribution in [3.8, 4) is 5.75 Å². The van der Waals surface area contributed by atoms with E-state index in [1.54, 1.807) is 25.3 Å². The molecule has 33 heavy (non-hydrogen) atoms. The number of aliphatic carboxylic acids is 1. The predicted octanol–water partition coefficient (Wildman–Crippen LogP) is 5.42. The third-order valence-electron chi connectivity index (χ3n) is 6.40. The Labute approximate surface area is 205 Å². The average molecular weight is 493 g/mol. The number of carbonyl (C=O) groups excluding carboxylic acids is 1. The molecule has 8 heteroatoms. The molecule has 1 saturated heterocycles. The lowest BCUT2D eigenvalue weighted by molar-refractivity contribution is -0.146. The fourth-order valence-electron chi connectivity index (χ4n) is 4.44. The van der Waals surface area contributed by atoms with Crippen LogP contribution in [0.3, 0.4) is 0 Å². The van der Waals surface area contributed by atoms with Crippen LogP contribution in [0.25, 0.3) is 10.9 Å². The Balaban J connectivity index is 1.63. The van der Waals surface area contributed by atoms with E-state index in [0.29, 0.717) is 40.2 Å². The zero-order chi connectivity index (χ0) is 23.8. The molecule has 1 aromatic heterocycles. The number of carboxylic acids is 1. The van der Waals surface area contributed by atoms with Crippen molar-refractivity contribution in [2.75, 3.05) is 38.2 Å². The number of aromatic nitrogens is 1. The van der Waals surface area contributed by atoms with Crippen molar-refractivity contribution in [2.24, 2.45) is 11.8 Å². The summed E-state index contributed by atoms with van der Waals surface area (Å²) in [5.41, 5.74) is 1.12.